The zero-order valence-electron chi connectivity index (χ0n) is 17.8. The Kier molecular flexibility index (Phi) is 7.61. The van der Waals surface area contributed by atoms with Crippen LogP contribution in [0.15, 0.2) is 18.2 Å². The molecule has 0 aromatic heterocycles. The monoisotopic (exact) mass is 405 g/mol. The van der Waals surface area contributed by atoms with Crippen LogP contribution in [0.5, 0.6) is 5.75 Å². The number of nitrogens with one attached hydrogen (secondary N) is 2. The quantitative estimate of drug-likeness (QED) is 0.677. The topological polar surface area (TPSA) is 97.0 Å². The maximum Gasteiger partial charge on any atom is 0.311 e. The Labute approximate surface area is 171 Å². The smallest absolute Gasteiger partial charge is 0.311 e. The number of methoxy groups -OCH3 is 1. The number of nitrogens with zero attached hydrogens (tertiary/aromatic N) is 1. The molecule has 1 atom stereocenters. The number of esters is 1. The Morgan fingerprint density at radius 2 is 1.86 bits per heavy atom. The van der Waals surface area contributed by atoms with Crippen molar-refractivity contribution in [2.24, 2.45) is 5.41 Å². The summed E-state index contributed by atoms with van der Waals surface area (Å²) in [5, 5.41) is 5.58. The predicted octanol–water partition coefficient (Wildman–Crippen LogP) is 2.65. The Balaban J connectivity index is 2.03. The molecule has 8 nitrogen and oxygen atoms in total. The van der Waals surface area contributed by atoms with Crippen molar-refractivity contribution in [3.63, 3.8) is 0 Å². The number of rotatable bonds is 7. The number of hydrogen-bond acceptors (Lipinski definition) is 6. The number of likely N-dealkylation sites (tertiary alicyclic amines) is 1. The zero-order valence-corrected chi connectivity index (χ0v) is 17.8. The van der Waals surface area contributed by atoms with Gasteiger partial charge in [0, 0.05) is 12.6 Å². The van der Waals surface area contributed by atoms with Gasteiger partial charge in [0.1, 0.15) is 5.75 Å². The highest BCUT2D eigenvalue weighted by Crippen LogP contribution is 2.33. The summed E-state index contributed by atoms with van der Waals surface area (Å²) in [6.07, 6.45) is 1.29. The lowest BCUT2D eigenvalue weighted by atomic mass is 9.80. The summed E-state index contributed by atoms with van der Waals surface area (Å²) < 4.78 is 10.5. The van der Waals surface area contributed by atoms with Gasteiger partial charge in [-0.2, -0.15) is 0 Å². The SMILES string of the molecule is CCOC(=O)C1(C)CCN(C(C)C(=O)Nc2cc(NC(C)=O)ccc2OC)CC1. The summed E-state index contributed by atoms with van der Waals surface area (Å²) in [5.41, 5.74) is 0.562. The van der Waals surface area contributed by atoms with Crippen molar-refractivity contribution in [3.8, 4) is 5.75 Å². The van der Waals surface area contributed by atoms with E-state index in [1.54, 1.807) is 25.1 Å². The number of carbonyl (C=O) groups is 3. The van der Waals surface area contributed by atoms with E-state index in [0.717, 1.165) is 0 Å². The first kappa shape index (κ1) is 22.7. The van der Waals surface area contributed by atoms with Crippen LogP contribution in [0.2, 0.25) is 0 Å². The molecule has 160 valence electrons. The average molecular weight is 405 g/mol. The fourth-order valence-electron chi connectivity index (χ4n) is 3.40. The van der Waals surface area contributed by atoms with Crippen LogP contribution in [0.25, 0.3) is 0 Å². The second-order valence-corrected chi connectivity index (χ2v) is 7.58. The molecule has 2 rings (SSSR count). The Morgan fingerprint density at radius 1 is 1.21 bits per heavy atom. The van der Waals surface area contributed by atoms with Gasteiger partial charge in [0.2, 0.25) is 11.8 Å². The highest BCUT2D eigenvalue weighted by molar-refractivity contribution is 5.97. The van der Waals surface area contributed by atoms with E-state index in [2.05, 4.69) is 15.5 Å². The lowest BCUT2D eigenvalue weighted by Crippen LogP contribution is -2.50. The number of carbonyl (C=O) groups excluding carboxylic acids is 3. The second kappa shape index (κ2) is 9.73. The minimum absolute atomic E-state index is 0.170. The van der Waals surface area contributed by atoms with E-state index >= 15 is 0 Å². The number of piperidine rings is 1. The van der Waals surface area contributed by atoms with Crippen molar-refractivity contribution >= 4 is 29.2 Å². The first-order valence-electron chi connectivity index (χ1n) is 9.88. The van der Waals surface area contributed by atoms with Crippen molar-refractivity contribution < 1.29 is 23.9 Å². The van der Waals surface area contributed by atoms with Gasteiger partial charge >= 0.3 is 5.97 Å². The first-order chi connectivity index (χ1) is 13.7. The van der Waals surface area contributed by atoms with E-state index in [1.807, 2.05) is 13.8 Å². The zero-order chi connectivity index (χ0) is 21.6. The maximum absolute atomic E-state index is 12.8. The van der Waals surface area contributed by atoms with Gasteiger partial charge in [-0.25, -0.2) is 0 Å². The van der Waals surface area contributed by atoms with Gasteiger partial charge in [0.15, 0.2) is 0 Å². The van der Waals surface area contributed by atoms with E-state index in [4.69, 9.17) is 9.47 Å². The molecule has 1 fully saturated rings. The average Bonchev–Trinajstić information content (AvgIpc) is 2.68. The fraction of sp³-hybridized carbons (Fsp3) is 0.571. The van der Waals surface area contributed by atoms with Gasteiger partial charge in [0.25, 0.3) is 0 Å². The van der Waals surface area contributed by atoms with E-state index in [0.29, 0.717) is 49.7 Å². The molecule has 1 unspecified atom stereocenters. The summed E-state index contributed by atoms with van der Waals surface area (Å²) in [7, 11) is 1.52. The van der Waals surface area contributed by atoms with Gasteiger partial charge in [-0.1, -0.05) is 0 Å². The summed E-state index contributed by atoms with van der Waals surface area (Å²) in [6, 6.07) is 4.69. The molecule has 2 amide bonds. The first-order valence-corrected chi connectivity index (χ1v) is 9.88. The van der Waals surface area contributed by atoms with Crippen molar-refractivity contribution in [3.05, 3.63) is 18.2 Å². The summed E-state index contributed by atoms with van der Waals surface area (Å²) in [6.45, 7) is 8.62. The highest BCUT2D eigenvalue weighted by atomic mass is 16.5. The molecule has 0 radical (unpaired) electrons. The van der Waals surface area contributed by atoms with Gasteiger partial charge < -0.3 is 20.1 Å². The molecule has 1 aliphatic heterocycles. The van der Waals surface area contributed by atoms with Crippen LogP contribution in [0.1, 0.15) is 40.5 Å². The molecule has 29 heavy (non-hydrogen) atoms. The molecule has 1 aromatic carbocycles. The molecule has 1 aliphatic rings. The molecule has 1 aromatic rings. The number of benzene rings is 1. The van der Waals surface area contributed by atoms with Gasteiger partial charge in [-0.3, -0.25) is 19.3 Å². The molecule has 0 bridgehead atoms. The Morgan fingerprint density at radius 3 is 2.41 bits per heavy atom. The highest BCUT2D eigenvalue weighted by Gasteiger charge is 2.40. The van der Waals surface area contributed by atoms with Gasteiger partial charge in [0.05, 0.1) is 30.9 Å². The molecular formula is C21H31N3O5. The largest absolute Gasteiger partial charge is 0.495 e. The minimum atomic E-state index is -0.501. The van der Waals surface area contributed by atoms with E-state index in [-0.39, 0.29) is 23.8 Å². The van der Waals surface area contributed by atoms with E-state index < -0.39 is 5.41 Å². The molecule has 0 aliphatic carbocycles. The number of amides is 2. The number of anilines is 2. The molecule has 2 N–H and O–H groups in total. The lowest BCUT2D eigenvalue weighted by molar-refractivity contribution is -0.157. The van der Waals surface area contributed by atoms with Crippen LogP contribution in [-0.4, -0.2) is 55.5 Å². The molecule has 8 heteroatoms. The Bertz CT molecular complexity index is 757. The second-order valence-electron chi connectivity index (χ2n) is 7.58. The summed E-state index contributed by atoms with van der Waals surface area (Å²) >= 11 is 0. The molecule has 1 heterocycles. The van der Waals surface area contributed by atoms with Crippen LogP contribution in [0.4, 0.5) is 11.4 Å². The third-order valence-electron chi connectivity index (χ3n) is 5.37. The van der Waals surface area contributed by atoms with E-state index in [1.165, 1.54) is 14.0 Å². The van der Waals surface area contributed by atoms with Crippen LogP contribution in [-0.2, 0) is 19.1 Å². The molecule has 0 spiro atoms. The normalized spacial score (nSPS) is 17.1. The van der Waals surface area contributed by atoms with Crippen molar-refractivity contribution in [2.45, 2.75) is 46.6 Å². The van der Waals surface area contributed by atoms with Gasteiger partial charge in [-0.15, -0.1) is 0 Å². The standard InChI is InChI=1S/C21H31N3O5/c1-6-29-20(27)21(4)9-11-24(12-10-21)14(2)19(26)23-17-13-16(22-15(3)25)7-8-18(17)28-5/h7-8,13-14H,6,9-12H2,1-5H3,(H,22,25)(H,23,26). The predicted molar refractivity (Wildman–Crippen MR) is 111 cm³/mol. The molecule has 0 saturated carbocycles. The van der Waals surface area contributed by atoms with Crippen LogP contribution >= 0.6 is 0 Å². The minimum Gasteiger partial charge on any atom is -0.495 e. The van der Waals surface area contributed by atoms with Gasteiger partial charge in [-0.05, 0) is 64.9 Å². The fourth-order valence-corrected chi connectivity index (χ4v) is 3.40. The summed E-state index contributed by atoms with van der Waals surface area (Å²) in [4.78, 5) is 38.4. The number of hydrogen-bond donors (Lipinski definition) is 2. The third-order valence-corrected chi connectivity index (χ3v) is 5.37. The summed E-state index contributed by atoms with van der Waals surface area (Å²) in [5.74, 6) is -0.0359. The van der Waals surface area contributed by atoms with Crippen molar-refractivity contribution in [1.29, 1.82) is 0 Å². The Hall–Kier alpha value is -2.61. The van der Waals surface area contributed by atoms with Crippen LogP contribution in [0.3, 0.4) is 0 Å². The maximum atomic E-state index is 12.8. The van der Waals surface area contributed by atoms with Crippen LogP contribution in [0, 0.1) is 5.41 Å². The van der Waals surface area contributed by atoms with Crippen molar-refractivity contribution in [1.82, 2.24) is 4.90 Å². The molecular weight excluding hydrogens is 374 g/mol. The number of ether oxygens (including phenoxy) is 2. The molecule has 1 saturated heterocycles. The van der Waals surface area contributed by atoms with Crippen LogP contribution < -0.4 is 15.4 Å². The van der Waals surface area contributed by atoms with E-state index in [9.17, 15) is 14.4 Å². The third kappa shape index (κ3) is 5.69. The van der Waals surface area contributed by atoms with Crippen molar-refractivity contribution in [2.75, 3.05) is 37.4 Å². The lowest BCUT2D eigenvalue weighted by Gasteiger charge is -2.39.